The first-order chi connectivity index (χ1) is 4.20. The third-order valence-electron chi connectivity index (χ3n) is 1.02. The number of ether oxygens (including phenoxy) is 1. The number of carbonyl (C=O) groups is 2. The van der Waals surface area contributed by atoms with Gasteiger partial charge in [-0.05, 0) is 0 Å². The highest BCUT2D eigenvalue weighted by Gasteiger charge is 2.26. The van der Waals surface area contributed by atoms with Gasteiger partial charge in [0, 0.05) is 0 Å². The molecule has 0 bridgehead atoms. The number of amides is 2. The molecule has 0 aromatic heterocycles. The normalized spacial score (nSPS) is 24.9. The molecule has 2 amide bonds. The number of carbonyl (C=O) groups excluding carboxylic acids is 2. The van der Waals surface area contributed by atoms with Crippen LogP contribution in [-0.4, -0.2) is 24.6 Å². The lowest BCUT2D eigenvalue weighted by Gasteiger charge is -1.97. The molecule has 0 spiro atoms. The number of nitrogens with one attached hydrogen (secondary N) is 1. The molecular weight excluding hydrogens is 124 g/mol. The van der Waals surface area contributed by atoms with Gasteiger partial charge in [-0.25, -0.2) is 4.79 Å². The predicted octanol–water partition coefficient (Wildman–Crippen LogP) is -1.42. The summed E-state index contributed by atoms with van der Waals surface area (Å²) < 4.78 is 4.38. The van der Waals surface area contributed by atoms with Gasteiger partial charge >= 0.3 is 6.09 Å². The highest BCUT2D eigenvalue weighted by atomic mass is 16.6. The molecule has 0 saturated carbocycles. The average molecular weight is 130 g/mol. The van der Waals surface area contributed by atoms with Crippen LogP contribution in [0.2, 0.25) is 0 Å². The summed E-state index contributed by atoms with van der Waals surface area (Å²) in [6.45, 7) is 0.0498. The Morgan fingerprint density at radius 3 is 2.78 bits per heavy atom. The van der Waals surface area contributed by atoms with Crippen LogP contribution in [-0.2, 0) is 9.53 Å². The Kier molecular flexibility index (Phi) is 1.26. The first-order valence-electron chi connectivity index (χ1n) is 2.43. The van der Waals surface area contributed by atoms with Gasteiger partial charge in [0.05, 0.1) is 0 Å². The fraction of sp³-hybridized carbons (Fsp3) is 0.500. The van der Waals surface area contributed by atoms with E-state index >= 15 is 0 Å². The second kappa shape index (κ2) is 1.93. The van der Waals surface area contributed by atoms with E-state index < -0.39 is 18.0 Å². The SMILES string of the molecule is NC(=O)C1COC(=O)N1. The molecule has 1 unspecified atom stereocenters. The molecule has 1 rings (SSSR count). The molecule has 0 radical (unpaired) electrons. The van der Waals surface area contributed by atoms with Crippen molar-refractivity contribution in [3.63, 3.8) is 0 Å². The summed E-state index contributed by atoms with van der Waals surface area (Å²) in [6, 6.07) is -0.641. The van der Waals surface area contributed by atoms with Gasteiger partial charge in [-0.2, -0.15) is 0 Å². The van der Waals surface area contributed by atoms with Crippen LogP contribution in [0.15, 0.2) is 0 Å². The summed E-state index contributed by atoms with van der Waals surface area (Å²) in [7, 11) is 0. The van der Waals surface area contributed by atoms with Crippen LogP contribution in [0.3, 0.4) is 0 Å². The molecule has 0 aromatic rings. The molecule has 0 aliphatic carbocycles. The molecule has 1 aliphatic rings. The van der Waals surface area contributed by atoms with E-state index in [2.05, 4.69) is 10.1 Å². The van der Waals surface area contributed by atoms with Crippen molar-refractivity contribution in [3.8, 4) is 0 Å². The van der Waals surface area contributed by atoms with Gasteiger partial charge < -0.3 is 15.8 Å². The second-order valence-corrected chi connectivity index (χ2v) is 1.70. The quantitative estimate of drug-likeness (QED) is 0.457. The zero-order valence-corrected chi connectivity index (χ0v) is 4.59. The van der Waals surface area contributed by atoms with Gasteiger partial charge in [-0.1, -0.05) is 0 Å². The minimum absolute atomic E-state index is 0.0498. The van der Waals surface area contributed by atoms with E-state index in [1.54, 1.807) is 0 Å². The number of rotatable bonds is 1. The van der Waals surface area contributed by atoms with Crippen molar-refractivity contribution in [2.24, 2.45) is 5.73 Å². The average Bonchev–Trinajstić information content (AvgIpc) is 2.14. The van der Waals surface area contributed by atoms with Crippen molar-refractivity contribution in [1.82, 2.24) is 5.32 Å². The van der Waals surface area contributed by atoms with E-state index in [1.807, 2.05) is 0 Å². The number of hydrogen-bond donors (Lipinski definition) is 2. The summed E-state index contributed by atoms with van der Waals surface area (Å²) in [5.74, 6) is -0.569. The van der Waals surface area contributed by atoms with Gasteiger partial charge in [0.15, 0.2) is 0 Å². The molecule has 50 valence electrons. The van der Waals surface area contributed by atoms with Crippen molar-refractivity contribution in [2.45, 2.75) is 6.04 Å². The largest absolute Gasteiger partial charge is 0.447 e. The molecule has 3 N–H and O–H groups in total. The van der Waals surface area contributed by atoms with Crippen molar-refractivity contribution >= 4 is 12.0 Å². The van der Waals surface area contributed by atoms with Crippen LogP contribution in [0.1, 0.15) is 0 Å². The highest BCUT2D eigenvalue weighted by Crippen LogP contribution is 1.94. The Bertz CT molecular complexity index is 156. The minimum Gasteiger partial charge on any atom is -0.447 e. The second-order valence-electron chi connectivity index (χ2n) is 1.70. The van der Waals surface area contributed by atoms with Gasteiger partial charge in [-0.3, -0.25) is 4.79 Å². The lowest BCUT2D eigenvalue weighted by molar-refractivity contribution is -0.119. The van der Waals surface area contributed by atoms with Gasteiger partial charge in [-0.15, -0.1) is 0 Å². The van der Waals surface area contributed by atoms with Crippen molar-refractivity contribution < 1.29 is 14.3 Å². The van der Waals surface area contributed by atoms with Crippen molar-refractivity contribution in [3.05, 3.63) is 0 Å². The lowest BCUT2D eigenvalue weighted by atomic mass is 10.3. The fourth-order valence-electron chi connectivity index (χ4n) is 0.538. The Hall–Kier alpha value is -1.26. The third-order valence-corrected chi connectivity index (χ3v) is 1.02. The fourth-order valence-corrected chi connectivity index (χ4v) is 0.538. The molecule has 1 heterocycles. The Labute approximate surface area is 51.2 Å². The summed E-state index contributed by atoms with van der Waals surface area (Å²) in [4.78, 5) is 20.5. The van der Waals surface area contributed by atoms with Gasteiger partial charge in [0.1, 0.15) is 12.6 Å². The smallest absolute Gasteiger partial charge is 0.407 e. The topological polar surface area (TPSA) is 81.4 Å². The molecular formula is C4H6N2O3. The third kappa shape index (κ3) is 1.10. The molecule has 5 heteroatoms. The van der Waals surface area contributed by atoms with E-state index in [9.17, 15) is 9.59 Å². The maximum atomic E-state index is 10.3. The van der Waals surface area contributed by atoms with E-state index in [0.29, 0.717) is 0 Å². The van der Waals surface area contributed by atoms with Gasteiger partial charge in [0.25, 0.3) is 0 Å². The molecule has 1 aliphatic heterocycles. The number of primary amides is 1. The first kappa shape index (κ1) is 5.87. The molecule has 9 heavy (non-hydrogen) atoms. The Morgan fingerprint density at radius 2 is 2.56 bits per heavy atom. The van der Waals surface area contributed by atoms with Gasteiger partial charge in [0.2, 0.25) is 5.91 Å². The molecule has 0 aromatic carbocycles. The zero-order valence-electron chi connectivity index (χ0n) is 4.59. The molecule has 5 nitrogen and oxygen atoms in total. The maximum absolute atomic E-state index is 10.3. The predicted molar refractivity (Wildman–Crippen MR) is 27.5 cm³/mol. The number of alkyl carbamates (subject to hydrolysis) is 1. The van der Waals surface area contributed by atoms with E-state index in [0.717, 1.165) is 0 Å². The monoisotopic (exact) mass is 130 g/mol. The number of cyclic esters (lactones) is 1. The van der Waals surface area contributed by atoms with Crippen molar-refractivity contribution in [2.75, 3.05) is 6.61 Å². The van der Waals surface area contributed by atoms with E-state index in [4.69, 9.17) is 5.73 Å². The zero-order chi connectivity index (χ0) is 6.85. The van der Waals surface area contributed by atoms with Crippen molar-refractivity contribution in [1.29, 1.82) is 0 Å². The number of hydrogen-bond acceptors (Lipinski definition) is 3. The molecule has 1 fully saturated rings. The van der Waals surface area contributed by atoms with Crippen LogP contribution in [0.5, 0.6) is 0 Å². The van der Waals surface area contributed by atoms with Crippen LogP contribution < -0.4 is 11.1 Å². The Morgan fingerprint density at radius 1 is 1.89 bits per heavy atom. The molecule has 1 atom stereocenters. The molecule has 1 saturated heterocycles. The van der Waals surface area contributed by atoms with Crippen LogP contribution in [0.25, 0.3) is 0 Å². The first-order valence-corrected chi connectivity index (χ1v) is 2.43. The minimum atomic E-state index is -0.641. The van der Waals surface area contributed by atoms with E-state index in [-0.39, 0.29) is 6.61 Å². The summed E-state index contributed by atoms with van der Waals surface area (Å²) in [5.41, 5.74) is 4.83. The van der Waals surface area contributed by atoms with Crippen LogP contribution >= 0.6 is 0 Å². The van der Waals surface area contributed by atoms with E-state index in [1.165, 1.54) is 0 Å². The van der Waals surface area contributed by atoms with Crippen LogP contribution in [0, 0.1) is 0 Å². The Balaban J connectivity index is 2.48. The highest BCUT2D eigenvalue weighted by molar-refractivity contribution is 5.86. The number of nitrogens with two attached hydrogens (primary N) is 1. The summed E-state index contributed by atoms with van der Waals surface area (Å²) in [6.07, 6.45) is -0.584. The standard InChI is InChI=1S/C4H6N2O3/c5-3(7)2-1-9-4(8)6-2/h2H,1H2,(H2,5,7)(H,6,8). The maximum Gasteiger partial charge on any atom is 0.407 e. The lowest BCUT2D eigenvalue weighted by Crippen LogP contribution is -2.39. The summed E-state index contributed by atoms with van der Waals surface area (Å²) in [5, 5.41) is 2.22. The van der Waals surface area contributed by atoms with Crippen LogP contribution in [0.4, 0.5) is 4.79 Å². The summed E-state index contributed by atoms with van der Waals surface area (Å²) >= 11 is 0.